The maximum atomic E-state index is 10.8. The molecule has 1 spiro atoms. The summed E-state index contributed by atoms with van der Waals surface area (Å²) in [6.45, 7) is 4.09. The normalized spacial score (nSPS) is 30.4. The predicted molar refractivity (Wildman–Crippen MR) is 52.6 cm³/mol. The maximum Gasteiger partial charge on any atom is 0.129 e. The van der Waals surface area contributed by atoms with Crippen molar-refractivity contribution in [3.63, 3.8) is 0 Å². The smallest absolute Gasteiger partial charge is 0.129 e. The molecule has 0 aromatic carbocycles. The molecule has 2 rings (SSSR count). The molecule has 1 unspecified atom stereocenters. The highest BCUT2D eigenvalue weighted by molar-refractivity contribution is 5.75. The second-order valence-electron chi connectivity index (χ2n) is 4.75. The summed E-state index contributed by atoms with van der Waals surface area (Å²) in [5.74, 6) is 1.23. The van der Waals surface area contributed by atoms with Crippen molar-refractivity contribution in [2.45, 2.75) is 39.0 Å². The Morgan fingerprint density at radius 2 is 2.15 bits per heavy atom. The fraction of sp³-hybridized carbons (Fsp3) is 0.909. The number of rotatable bonds is 3. The third-order valence-corrected chi connectivity index (χ3v) is 3.80. The lowest BCUT2D eigenvalue weighted by molar-refractivity contribution is -0.117. The molecule has 2 fully saturated rings. The van der Waals surface area contributed by atoms with Crippen molar-refractivity contribution in [3.05, 3.63) is 0 Å². The van der Waals surface area contributed by atoms with Crippen molar-refractivity contribution < 1.29 is 4.79 Å². The Morgan fingerprint density at radius 3 is 2.77 bits per heavy atom. The minimum atomic E-state index is 0.357. The second-order valence-corrected chi connectivity index (χ2v) is 4.75. The number of nitrogens with one attached hydrogen (secondary N) is 1. The van der Waals surface area contributed by atoms with Gasteiger partial charge in [-0.15, -0.1) is 0 Å². The fourth-order valence-electron chi connectivity index (χ4n) is 2.75. The average Bonchev–Trinajstić information content (AvgIpc) is 2.77. The molecule has 1 saturated heterocycles. The molecular formula is C11H19NO. The van der Waals surface area contributed by atoms with Gasteiger partial charge in [-0.2, -0.15) is 0 Å². The Bertz CT molecular complexity index is 206. The van der Waals surface area contributed by atoms with Gasteiger partial charge >= 0.3 is 0 Å². The average molecular weight is 181 g/mol. The van der Waals surface area contributed by atoms with E-state index in [9.17, 15) is 4.79 Å². The van der Waals surface area contributed by atoms with Crippen LogP contribution in [-0.4, -0.2) is 18.9 Å². The summed E-state index contributed by atoms with van der Waals surface area (Å²) in [5.41, 5.74) is 0.667. The van der Waals surface area contributed by atoms with E-state index in [0.29, 0.717) is 11.2 Å². The molecule has 1 aliphatic carbocycles. The largest absolute Gasteiger partial charge is 0.317 e. The van der Waals surface area contributed by atoms with Gasteiger partial charge in [-0.25, -0.2) is 0 Å². The van der Waals surface area contributed by atoms with Crippen LogP contribution in [0, 0.1) is 11.3 Å². The van der Waals surface area contributed by atoms with Crippen LogP contribution in [0.4, 0.5) is 0 Å². The number of hydrogen-bond donors (Lipinski definition) is 1. The van der Waals surface area contributed by atoms with Crippen molar-refractivity contribution in [1.29, 1.82) is 0 Å². The Kier molecular flexibility index (Phi) is 2.41. The summed E-state index contributed by atoms with van der Waals surface area (Å²) < 4.78 is 0. The number of carbonyl (C=O) groups is 1. The van der Waals surface area contributed by atoms with Gasteiger partial charge in [-0.05, 0) is 57.0 Å². The summed E-state index contributed by atoms with van der Waals surface area (Å²) >= 11 is 0. The van der Waals surface area contributed by atoms with Crippen molar-refractivity contribution in [1.82, 2.24) is 5.32 Å². The summed E-state index contributed by atoms with van der Waals surface area (Å²) in [6.07, 6.45) is 6.03. The van der Waals surface area contributed by atoms with E-state index in [0.717, 1.165) is 18.8 Å². The van der Waals surface area contributed by atoms with Gasteiger partial charge in [-0.3, -0.25) is 0 Å². The third kappa shape index (κ3) is 1.93. The Balaban J connectivity index is 1.76. The quantitative estimate of drug-likeness (QED) is 0.718. The first-order chi connectivity index (χ1) is 6.23. The Hall–Kier alpha value is -0.370. The lowest BCUT2D eigenvalue weighted by Crippen LogP contribution is -2.29. The Morgan fingerprint density at radius 1 is 1.46 bits per heavy atom. The zero-order chi connectivity index (χ0) is 9.31. The first kappa shape index (κ1) is 9.20. The van der Waals surface area contributed by atoms with E-state index in [1.807, 2.05) is 0 Å². The van der Waals surface area contributed by atoms with Gasteiger partial charge in [0.15, 0.2) is 0 Å². The number of piperidine rings is 1. The molecule has 1 saturated carbocycles. The molecular weight excluding hydrogens is 162 g/mol. The van der Waals surface area contributed by atoms with Gasteiger partial charge in [0.05, 0.1) is 0 Å². The molecule has 13 heavy (non-hydrogen) atoms. The van der Waals surface area contributed by atoms with E-state index >= 15 is 0 Å². The van der Waals surface area contributed by atoms with Crippen molar-refractivity contribution in [3.8, 4) is 0 Å². The summed E-state index contributed by atoms with van der Waals surface area (Å²) in [5, 5.41) is 3.40. The van der Waals surface area contributed by atoms with E-state index in [1.54, 1.807) is 6.92 Å². The van der Waals surface area contributed by atoms with Gasteiger partial charge in [0.2, 0.25) is 0 Å². The van der Waals surface area contributed by atoms with Crippen LogP contribution in [-0.2, 0) is 4.79 Å². The molecule has 0 bridgehead atoms. The highest BCUT2D eigenvalue weighted by Gasteiger charge is 2.52. The number of Topliss-reactive ketones (excluding diaryl/α,β-unsaturated/α-hetero) is 1. The molecule has 2 aliphatic rings. The minimum absolute atomic E-state index is 0.357. The second kappa shape index (κ2) is 3.41. The molecule has 2 heteroatoms. The molecule has 0 aromatic heterocycles. The monoisotopic (exact) mass is 181 g/mol. The van der Waals surface area contributed by atoms with Crippen LogP contribution in [0.25, 0.3) is 0 Å². The van der Waals surface area contributed by atoms with E-state index in [1.165, 1.54) is 32.4 Å². The van der Waals surface area contributed by atoms with Crippen LogP contribution in [0.2, 0.25) is 0 Å². The molecule has 1 N–H and O–H groups in total. The van der Waals surface area contributed by atoms with Crippen molar-refractivity contribution in [2.75, 3.05) is 13.1 Å². The van der Waals surface area contributed by atoms with Crippen LogP contribution in [0.15, 0.2) is 0 Å². The third-order valence-electron chi connectivity index (χ3n) is 3.80. The lowest BCUT2D eigenvalue weighted by Gasteiger charge is -2.23. The molecule has 0 amide bonds. The van der Waals surface area contributed by atoms with Gasteiger partial charge in [0.1, 0.15) is 5.78 Å². The SMILES string of the molecule is CC(=O)CCC1CC12CCNCC2. The van der Waals surface area contributed by atoms with E-state index in [2.05, 4.69) is 5.32 Å². The highest BCUT2D eigenvalue weighted by Crippen LogP contribution is 2.60. The topological polar surface area (TPSA) is 29.1 Å². The van der Waals surface area contributed by atoms with E-state index < -0.39 is 0 Å². The molecule has 2 nitrogen and oxygen atoms in total. The zero-order valence-electron chi connectivity index (χ0n) is 8.44. The van der Waals surface area contributed by atoms with Gasteiger partial charge in [-0.1, -0.05) is 0 Å². The van der Waals surface area contributed by atoms with E-state index in [-0.39, 0.29) is 0 Å². The van der Waals surface area contributed by atoms with Crippen LogP contribution >= 0.6 is 0 Å². The predicted octanol–water partition coefficient (Wildman–Crippen LogP) is 1.75. The summed E-state index contributed by atoms with van der Waals surface area (Å²) in [6, 6.07) is 0. The summed E-state index contributed by atoms with van der Waals surface area (Å²) in [4.78, 5) is 10.8. The first-order valence-electron chi connectivity index (χ1n) is 5.43. The summed E-state index contributed by atoms with van der Waals surface area (Å²) in [7, 11) is 0. The molecule has 0 aromatic rings. The zero-order valence-corrected chi connectivity index (χ0v) is 8.44. The molecule has 0 radical (unpaired) electrons. The number of ketones is 1. The van der Waals surface area contributed by atoms with Gasteiger partial charge in [0, 0.05) is 6.42 Å². The minimum Gasteiger partial charge on any atom is -0.317 e. The first-order valence-corrected chi connectivity index (χ1v) is 5.43. The number of carbonyl (C=O) groups excluding carboxylic acids is 1. The molecule has 1 aliphatic heterocycles. The van der Waals surface area contributed by atoms with Crippen LogP contribution < -0.4 is 5.32 Å². The van der Waals surface area contributed by atoms with Gasteiger partial charge in [0.25, 0.3) is 0 Å². The molecule has 1 heterocycles. The highest BCUT2D eigenvalue weighted by atomic mass is 16.1. The van der Waals surface area contributed by atoms with Gasteiger partial charge < -0.3 is 10.1 Å². The molecule has 1 atom stereocenters. The number of hydrogen-bond acceptors (Lipinski definition) is 2. The van der Waals surface area contributed by atoms with Crippen molar-refractivity contribution >= 4 is 5.78 Å². The Labute approximate surface area is 80.1 Å². The van der Waals surface area contributed by atoms with E-state index in [4.69, 9.17) is 0 Å². The van der Waals surface area contributed by atoms with Crippen LogP contribution in [0.1, 0.15) is 39.0 Å². The standard InChI is InChI=1S/C11H19NO/c1-9(13)2-3-10-8-11(10)4-6-12-7-5-11/h10,12H,2-8H2,1H3. The maximum absolute atomic E-state index is 10.8. The molecule has 74 valence electrons. The van der Waals surface area contributed by atoms with Crippen LogP contribution in [0.5, 0.6) is 0 Å². The van der Waals surface area contributed by atoms with Crippen molar-refractivity contribution in [2.24, 2.45) is 11.3 Å². The fourth-order valence-corrected chi connectivity index (χ4v) is 2.75. The van der Waals surface area contributed by atoms with Crippen LogP contribution in [0.3, 0.4) is 0 Å². The lowest BCUT2D eigenvalue weighted by atomic mass is 9.90.